The Labute approximate surface area is 123 Å². The monoisotopic (exact) mass is 287 g/mol. The lowest BCUT2D eigenvalue weighted by molar-refractivity contribution is -0.199. The first-order valence-electron chi connectivity index (χ1n) is 7.35. The van der Waals surface area contributed by atoms with Crippen molar-refractivity contribution in [2.45, 2.75) is 65.1 Å². The predicted molar refractivity (Wildman–Crippen MR) is 80.2 cm³/mol. The Morgan fingerprint density at radius 3 is 2.37 bits per heavy atom. The summed E-state index contributed by atoms with van der Waals surface area (Å²) in [6.45, 7) is 11.3. The summed E-state index contributed by atoms with van der Waals surface area (Å²) in [6.07, 6.45) is 2.69. The van der Waals surface area contributed by atoms with E-state index >= 15 is 0 Å². The summed E-state index contributed by atoms with van der Waals surface area (Å²) in [5.74, 6) is 1.80. The number of hydrogen-bond acceptors (Lipinski definition) is 3. The van der Waals surface area contributed by atoms with Crippen molar-refractivity contribution in [3.63, 3.8) is 0 Å². The SMILES string of the molecule is CC(C)C(N)B1OC2CC3CC(C3(C)C)[C@@]2(C)O1.Cl. The Morgan fingerprint density at radius 1 is 1.21 bits per heavy atom. The Bertz CT molecular complexity index is 365. The van der Waals surface area contributed by atoms with Crippen LogP contribution in [0.25, 0.3) is 0 Å². The molecular formula is C14H27BClNO2. The molecule has 2 N–H and O–H groups in total. The summed E-state index contributed by atoms with van der Waals surface area (Å²) < 4.78 is 12.5. The van der Waals surface area contributed by atoms with Gasteiger partial charge in [-0.05, 0) is 42.9 Å². The molecule has 0 radical (unpaired) electrons. The Hall–Kier alpha value is 0.235. The molecule has 2 bridgehead atoms. The van der Waals surface area contributed by atoms with Crippen LogP contribution in [0, 0.1) is 23.2 Å². The smallest absolute Gasteiger partial charge is 0.404 e. The zero-order valence-corrected chi connectivity index (χ0v) is 13.5. The molecule has 3 nitrogen and oxygen atoms in total. The summed E-state index contributed by atoms with van der Waals surface area (Å²) in [4.78, 5) is 0. The van der Waals surface area contributed by atoms with E-state index in [2.05, 4.69) is 34.6 Å². The lowest BCUT2D eigenvalue weighted by Crippen LogP contribution is -2.65. The van der Waals surface area contributed by atoms with Crippen molar-refractivity contribution in [3.8, 4) is 0 Å². The maximum atomic E-state index is 6.31. The first-order chi connectivity index (χ1) is 8.26. The third kappa shape index (κ3) is 1.98. The van der Waals surface area contributed by atoms with Gasteiger partial charge in [-0.1, -0.05) is 27.7 Å². The molecule has 0 aromatic rings. The van der Waals surface area contributed by atoms with Crippen LogP contribution in [0.3, 0.4) is 0 Å². The van der Waals surface area contributed by atoms with Crippen LogP contribution in [0.15, 0.2) is 0 Å². The topological polar surface area (TPSA) is 44.5 Å². The first-order valence-corrected chi connectivity index (χ1v) is 7.35. The maximum absolute atomic E-state index is 6.31. The van der Waals surface area contributed by atoms with Gasteiger partial charge in [0.1, 0.15) is 0 Å². The van der Waals surface area contributed by atoms with Crippen LogP contribution in [0.2, 0.25) is 0 Å². The Morgan fingerprint density at radius 2 is 1.84 bits per heavy atom. The molecule has 4 aliphatic rings. The molecule has 1 saturated heterocycles. The minimum absolute atomic E-state index is 0. The third-order valence-electron chi connectivity index (χ3n) is 6.05. The maximum Gasteiger partial charge on any atom is 0.475 e. The zero-order chi connectivity index (χ0) is 13.3. The molecule has 19 heavy (non-hydrogen) atoms. The predicted octanol–water partition coefficient (Wildman–Crippen LogP) is 2.66. The van der Waals surface area contributed by atoms with Gasteiger partial charge >= 0.3 is 7.12 Å². The van der Waals surface area contributed by atoms with Gasteiger partial charge in [0.05, 0.1) is 11.7 Å². The Balaban J connectivity index is 0.00000133. The van der Waals surface area contributed by atoms with Crippen LogP contribution in [0.1, 0.15) is 47.5 Å². The van der Waals surface area contributed by atoms with Crippen molar-refractivity contribution in [1.82, 2.24) is 0 Å². The molecule has 1 aliphatic heterocycles. The highest BCUT2D eigenvalue weighted by Crippen LogP contribution is 2.65. The average molecular weight is 288 g/mol. The molecule has 110 valence electrons. The normalized spacial score (nSPS) is 44.4. The number of halogens is 1. The summed E-state index contributed by atoms with van der Waals surface area (Å²) in [6, 6.07) is 0. The van der Waals surface area contributed by atoms with E-state index in [0.717, 1.165) is 12.3 Å². The minimum atomic E-state index is -0.213. The highest BCUT2D eigenvalue weighted by atomic mass is 35.5. The summed E-state index contributed by atoms with van der Waals surface area (Å²) >= 11 is 0. The highest BCUT2D eigenvalue weighted by Gasteiger charge is 2.68. The molecule has 3 saturated carbocycles. The average Bonchev–Trinajstić information content (AvgIpc) is 2.63. The standard InChI is InChI=1S/C14H26BNO2.ClH/c1-8(2)12(16)15-17-11-7-9-6-10(13(9,3)4)14(11,5)18-15;/h8-12H,6-7,16H2,1-5H3;1H/t9?,10?,11?,12?,14-;/m1./s1. The fourth-order valence-electron chi connectivity index (χ4n) is 4.38. The second kappa shape index (κ2) is 4.62. The molecule has 4 unspecified atom stereocenters. The molecule has 0 amide bonds. The van der Waals surface area contributed by atoms with Crippen LogP contribution >= 0.6 is 12.4 Å². The third-order valence-corrected chi connectivity index (χ3v) is 6.05. The fraction of sp³-hybridized carbons (Fsp3) is 1.00. The van der Waals surface area contributed by atoms with Crippen molar-refractivity contribution in [2.75, 3.05) is 0 Å². The lowest BCUT2D eigenvalue weighted by Gasteiger charge is -2.64. The van der Waals surface area contributed by atoms with Gasteiger partial charge in [-0.3, -0.25) is 0 Å². The lowest BCUT2D eigenvalue weighted by atomic mass is 9.43. The summed E-state index contributed by atoms with van der Waals surface area (Å²) in [5, 5.41) is 0. The first kappa shape index (κ1) is 15.6. The van der Waals surface area contributed by atoms with Crippen LogP contribution < -0.4 is 5.73 Å². The van der Waals surface area contributed by atoms with E-state index in [0.29, 0.717) is 17.3 Å². The van der Waals surface area contributed by atoms with Crippen molar-refractivity contribution in [2.24, 2.45) is 28.9 Å². The van der Waals surface area contributed by atoms with E-state index in [1.54, 1.807) is 0 Å². The van der Waals surface area contributed by atoms with Gasteiger partial charge in [0, 0.05) is 5.94 Å². The quantitative estimate of drug-likeness (QED) is 0.794. The highest BCUT2D eigenvalue weighted by molar-refractivity contribution is 6.47. The van der Waals surface area contributed by atoms with E-state index in [-0.39, 0.29) is 37.2 Å². The van der Waals surface area contributed by atoms with E-state index in [9.17, 15) is 0 Å². The van der Waals surface area contributed by atoms with Gasteiger partial charge in [-0.2, -0.15) is 0 Å². The largest absolute Gasteiger partial charge is 0.475 e. The van der Waals surface area contributed by atoms with Crippen molar-refractivity contribution >= 4 is 19.5 Å². The van der Waals surface area contributed by atoms with Crippen molar-refractivity contribution < 1.29 is 9.31 Å². The van der Waals surface area contributed by atoms with Gasteiger partial charge < -0.3 is 15.0 Å². The van der Waals surface area contributed by atoms with E-state index in [1.165, 1.54) is 6.42 Å². The summed E-state index contributed by atoms with van der Waals surface area (Å²) in [5.41, 5.74) is 6.50. The molecule has 0 spiro atoms. The molecule has 0 aromatic heterocycles. The molecule has 5 atom stereocenters. The molecule has 5 heteroatoms. The van der Waals surface area contributed by atoms with Gasteiger partial charge in [0.25, 0.3) is 0 Å². The molecule has 4 fully saturated rings. The van der Waals surface area contributed by atoms with Gasteiger partial charge in [-0.25, -0.2) is 0 Å². The number of rotatable bonds is 2. The minimum Gasteiger partial charge on any atom is -0.404 e. The molecule has 1 heterocycles. The summed E-state index contributed by atoms with van der Waals surface area (Å²) in [7, 11) is -0.213. The molecule has 4 rings (SSSR count). The van der Waals surface area contributed by atoms with E-state index in [1.807, 2.05) is 0 Å². The van der Waals surface area contributed by atoms with Crippen LogP contribution in [0.4, 0.5) is 0 Å². The zero-order valence-electron chi connectivity index (χ0n) is 12.7. The van der Waals surface area contributed by atoms with Crippen LogP contribution in [-0.4, -0.2) is 24.8 Å². The van der Waals surface area contributed by atoms with Crippen LogP contribution in [0.5, 0.6) is 0 Å². The number of hydrogen-bond donors (Lipinski definition) is 1. The van der Waals surface area contributed by atoms with Crippen LogP contribution in [-0.2, 0) is 9.31 Å². The number of nitrogens with two attached hydrogens (primary N) is 1. The van der Waals surface area contributed by atoms with Gasteiger partial charge in [0.2, 0.25) is 0 Å². The van der Waals surface area contributed by atoms with Gasteiger partial charge in [0.15, 0.2) is 0 Å². The fourth-order valence-corrected chi connectivity index (χ4v) is 4.38. The van der Waals surface area contributed by atoms with Crippen molar-refractivity contribution in [3.05, 3.63) is 0 Å². The molecular weight excluding hydrogens is 260 g/mol. The van der Waals surface area contributed by atoms with Gasteiger partial charge in [-0.15, -0.1) is 12.4 Å². The van der Waals surface area contributed by atoms with E-state index < -0.39 is 0 Å². The molecule has 3 aliphatic carbocycles. The molecule has 0 aromatic carbocycles. The van der Waals surface area contributed by atoms with Crippen molar-refractivity contribution in [1.29, 1.82) is 0 Å². The second-order valence-corrected chi connectivity index (χ2v) is 7.66. The van der Waals surface area contributed by atoms with E-state index in [4.69, 9.17) is 15.0 Å². The Kier molecular flexibility index (Phi) is 3.80. The second-order valence-electron chi connectivity index (χ2n) is 7.66.